The van der Waals surface area contributed by atoms with Gasteiger partial charge in [0.2, 0.25) is 10.0 Å². The van der Waals surface area contributed by atoms with E-state index >= 15 is 0 Å². The van der Waals surface area contributed by atoms with Crippen molar-refractivity contribution in [3.8, 4) is 0 Å². The van der Waals surface area contributed by atoms with Crippen molar-refractivity contribution in [3.63, 3.8) is 0 Å². The molecule has 0 saturated carbocycles. The molecule has 25 heavy (non-hydrogen) atoms. The van der Waals surface area contributed by atoms with Gasteiger partial charge in [-0.2, -0.15) is 4.31 Å². The lowest BCUT2D eigenvalue weighted by Crippen LogP contribution is -2.37. The molecular formula is C18H29N3O3S. The highest BCUT2D eigenvalue weighted by molar-refractivity contribution is 7.89. The lowest BCUT2D eigenvalue weighted by atomic mass is 10.2. The van der Waals surface area contributed by atoms with Gasteiger partial charge in [-0.05, 0) is 56.5 Å². The fourth-order valence-electron chi connectivity index (χ4n) is 3.03. The Balaban J connectivity index is 2.03. The molecule has 1 aliphatic rings. The summed E-state index contributed by atoms with van der Waals surface area (Å²) >= 11 is 0. The molecule has 1 unspecified atom stereocenters. The van der Waals surface area contributed by atoms with Crippen molar-refractivity contribution in [1.29, 1.82) is 0 Å². The van der Waals surface area contributed by atoms with E-state index in [1.807, 2.05) is 13.8 Å². The van der Waals surface area contributed by atoms with Gasteiger partial charge in [0.1, 0.15) is 0 Å². The Morgan fingerprint density at radius 3 is 2.36 bits per heavy atom. The second-order valence-corrected chi connectivity index (χ2v) is 8.37. The highest BCUT2D eigenvalue weighted by Gasteiger charge is 2.23. The van der Waals surface area contributed by atoms with Gasteiger partial charge in [0, 0.05) is 31.2 Å². The predicted molar refractivity (Wildman–Crippen MR) is 99.1 cm³/mol. The maximum atomic E-state index is 12.7. The molecule has 1 aromatic rings. The van der Waals surface area contributed by atoms with E-state index < -0.39 is 10.0 Å². The van der Waals surface area contributed by atoms with Crippen molar-refractivity contribution in [2.75, 3.05) is 26.2 Å². The van der Waals surface area contributed by atoms with E-state index in [9.17, 15) is 13.2 Å². The van der Waals surface area contributed by atoms with Gasteiger partial charge in [0.25, 0.3) is 5.91 Å². The number of nitrogens with one attached hydrogen (secondary N) is 2. The molecule has 140 valence electrons. The molecule has 1 fully saturated rings. The molecule has 0 aromatic heterocycles. The lowest BCUT2D eigenvalue weighted by Gasteiger charge is -2.21. The van der Waals surface area contributed by atoms with Crippen LogP contribution in [0.15, 0.2) is 29.2 Å². The Hall–Kier alpha value is -1.44. The molecule has 1 amide bonds. The molecule has 1 heterocycles. The Kier molecular flexibility index (Phi) is 7.40. The average molecular weight is 368 g/mol. The third kappa shape index (κ3) is 5.26. The predicted octanol–water partition coefficient (Wildman–Crippen LogP) is 1.98. The summed E-state index contributed by atoms with van der Waals surface area (Å²) in [6, 6.07) is 6.55. The highest BCUT2D eigenvalue weighted by atomic mass is 32.2. The number of amides is 1. The molecule has 0 spiro atoms. The van der Waals surface area contributed by atoms with Crippen molar-refractivity contribution in [1.82, 2.24) is 14.9 Å². The van der Waals surface area contributed by atoms with Gasteiger partial charge < -0.3 is 10.6 Å². The minimum absolute atomic E-state index is 0.170. The summed E-state index contributed by atoms with van der Waals surface area (Å²) in [5.74, 6) is -0.170. The van der Waals surface area contributed by atoms with Crippen LogP contribution in [0.4, 0.5) is 0 Å². The molecule has 1 aliphatic heterocycles. The van der Waals surface area contributed by atoms with Crippen molar-refractivity contribution < 1.29 is 13.2 Å². The number of hydrogen-bond donors (Lipinski definition) is 2. The van der Waals surface area contributed by atoms with E-state index in [-0.39, 0.29) is 10.8 Å². The molecule has 0 radical (unpaired) electrons. The molecule has 2 rings (SSSR count). The Labute approximate surface area is 151 Å². The number of rotatable bonds is 9. The summed E-state index contributed by atoms with van der Waals surface area (Å²) in [6.07, 6.45) is 3.76. The summed E-state index contributed by atoms with van der Waals surface area (Å²) in [7, 11) is -3.50. The van der Waals surface area contributed by atoms with Crippen LogP contribution >= 0.6 is 0 Å². The molecule has 1 saturated heterocycles. The summed E-state index contributed by atoms with van der Waals surface area (Å²) in [4.78, 5) is 12.4. The number of hydrogen-bond acceptors (Lipinski definition) is 4. The average Bonchev–Trinajstić information content (AvgIpc) is 3.13. The second-order valence-electron chi connectivity index (χ2n) is 6.43. The molecule has 2 N–H and O–H groups in total. The SMILES string of the molecule is CCCN(CCC)S(=O)(=O)c1ccc(C(=O)NCC2CCCN2)cc1. The first-order chi connectivity index (χ1) is 12.0. The first-order valence-electron chi connectivity index (χ1n) is 9.10. The van der Waals surface area contributed by atoms with Crippen molar-refractivity contribution >= 4 is 15.9 Å². The Morgan fingerprint density at radius 1 is 1.20 bits per heavy atom. The van der Waals surface area contributed by atoms with Crippen LogP contribution in [0.2, 0.25) is 0 Å². The standard InChI is InChI=1S/C18H29N3O3S/c1-3-12-21(13-4-2)25(23,24)17-9-7-15(8-10-17)18(22)20-14-16-6-5-11-19-16/h7-10,16,19H,3-6,11-14H2,1-2H3,(H,20,22). The number of benzene rings is 1. The van der Waals surface area contributed by atoms with Gasteiger partial charge in [0.05, 0.1) is 4.90 Å². The van der Waals surface area contributed by atoms with Crippen LogP contribution in [0.25, 0.3) is 0 Å². The summed E-state index contributed by atoms with van der Waals surface area (Å²) in [6.45, 7) is 6.54. The van der Waals surface area contributed by atoms with Crippen molar-refractivity contribution in [2.45, 2.75) is 50.5 Å². The molecule has 0 aliphatic carbocycles. The number of carbonyl (C=O) groups excluding carboxylic acids is 1. The van der Waals surface area contributed by atoms with Crippen LogP contribution in [0.5, 0.6) is 0 Å². The van der Waals surface area contributed by atoms with Gasteiger partial charge in [-0.15, -0.1) is 0 Å². The number of nitrogens with zero attached hydrogens (tertiary/aromatic N) is 1. The van der Waals surface area contributed by atoms with Gasteiger partial charge in [0.15, 0.2) is 0 Å². The van der Waals surface area contributed by atoms with Gasteiger partial charge in [-0.1, -0.05) is 13.8 Å². The van der Waals surface area contributed by atoms with E-state index in [0.29, 0.717) is 31.2 Å². The summed E-state index contributed by atoms with van der Waals surface area (Å²) in [5.41, 5.74) is 0.481. The topological polar surface area (TPSA) is 78.5 Å². The van der Waals surface area contributed by atoms with Crippen LogP contribution in [-0.4, -0.2) is 50.9 Å². The maximum Gasteiger partial charge on any atom is 0.251 e. The molecule has 1 atom stereocenters. The van der Waals surface area contributed by atoms with Crippen LogP contribution in [0.1, 0.15) is 49.9 Å². The lowest BCUT2D eigenvalue weighted by molar-refractivity contribution is 0.0950. The fraction of sp³-hybridized carbons (Fsp3) is 0.611. The fourth-order valence-corrected chi connectivity index (χ4v) is 4.65. The molecular weight excluding hydrogens is 338 g/mol. The minimum atomic E-state index is -3.50. The highest BCUT2D eigenvalue weighted by Crippen LogP contribution is 2.17. The normalized spacial score (nSPS) is 17.8. The van der Waals surface area contributed by atoms with Gasteiger partial charge >= 0.3 is 0 Å². The number of carbonyl (C=O) groups is 1. The van der Waals surface area contributed by atoms with Gasteiger partial charge in [-0.25, -0.2) is 8.42 Å². The van der Waals surface area contributed by atoms with E-state index in [2.05, 4.69) is 10.6 Å². The molecule has 6 nitrogen and oxygen atoms in total. The maximum absolute atomic E-state index is 12.7. The third-order valence-electron chi connectivity index (χ3n) is 4.37. The summed E-state index contributed by atoms with van der Waals surface area (Å²) < 4.78 is 26.9. The first-order valence-corrected chi connectivity index (χ1v) is 10.5. The van der Waals surface area contributed by atoms with Crippen LogP contribution < -0.4 is 10.6 Å². The summed E-state index contributed by atoms with van der Waals surface area (Å²) in [5, 5.41) is 6.23. The van der Waals surface area contributed by atoms with Crippen LogP contribution in [-0.2, 0) is 10.0 Å². The van der Waals surface area contributed by atoms with E-state index in [0.717, 1.165) is 32.2 Å². The van der Waals surface area contributed by atoms with Crippen molar-refractivity contribution in [2.24, 2.45) is 0 Å². The molecule has 7 heteroatoms. The zero-order chi connectivity index (χ0) is 18.3. The van der Waals surface area contributed by atoms with E-state index in [1.165, 1.54) is 16.4 Å². The van der Waals surface area contributed by atoms with Gasteiger partial charge in [-0.3, -0.25) is 4.79 Å². The first kappa shape index (κ1) is 19.9. The van der Waals surface area contributed by atoms with Crippen molar-refractivity contribution in [3.05, 3.63) is 29.8 Å². The Morgan fingerprint density at radius 2 is 1.84 bits per heavy atom. The third-order valence-corrected chi connectivity index (χ3v) is 6.28. The monoisotopic (exact) mass is 367 g/mol. The molecule has 0 bridgehead atoms. The minimum Gasteiger partial charge on any atom is -0.350 e. The zero-order valence-electron chi connectivity index (χ0n) is 15.1. The largest absolute Gasteiger partial charge is 0.350 e. The molecule has 1 aromatic carbocycles. The number of sulfonamides is 1. The zero-order valence-corrected chi connectivity index (χ0v) is 15.9. The smallest absolute Gasteiger partial charge is 0.251 e. The van der Waals surface area contributed by atoms with Crippen LogP contribution in [0, 0.1) is 0 Å². The quantitative estimate of drug-likeness (QED) is 0.699. The Bertz CT molecular complexity index is 647. The second kappa shape index (κ2) is 9.31. The van der Waals surface area contributed by atoms with E-state index in [4.69, 9.17) is 0 Å². The van der Waals surface area contributed by atoms with E-state index in [1.54, 1.807) is 12.1 Å². The van der Waals surface area contributed by atoms with Crippen LogP contribution in [0.3, 0.4) is 0 Å².